The second kappa shape index (κ2) is 19.5. The van der Waals surface area contributed by atoms with Crippen molar-refractivity contribution < 1.29 is 0 Å². The van der Waals surface area contributed by atoms with Gasteiger partial charge in [-0.3, -0.25) is 0 Å². The molecular weight excluding hydrogens is 1160 g/mol. The molecular formula is C84H52N6S2. The lowest BCUT2D eigenvalue weighted by Gasteiger charge is -2.26. The third-order valence-electron chi connectivity index (χ3n) is 19.8. The molecule has 0 saturated heterocycles. The van der Waals surface area contributed by atoms with Crippen molar-refractivity contribution in [2.75, 3.05) is 0 Å². The molecule has 0 saturated carbocycles. The molecule has 0 spiro atoms. The third-order valence-corrected chi connectivity index (χ3v) is 22.2. The van der Waals surface area contributed by atoms with Gasteiger partial charge in [-0.15, -0.1) is 22.7 Å². The highest BCUT2D eigenvalue weighted by Crippen LogP contribution is 2.54. The lowest BCUT2D eigenvalue weighted by atomic mass is 9.85. The van der Waals surface area contributed by atoms with Crippen LogP contribution in [0.2, 0.25) is 0 Å². The molecule has 0 N–H and O–H groups in total. The maximum absolute atomic E-state index is 13.0. The summed E-state index contributed by atoms with van der Waals surface area (Å²) in [4.78, 5) is 0. The number of hydrogen-bond acceptors (Lipinski definition) is 4. The smallest absolute Gasteiger partial charge is 0.102 e. The summed E-state index contributed by atoms with van der Waals surface area (Å²) in [6, 6.07) is 93.9. The summed E-state index contributed by atoms with van der Waals surface area (Å²) >= 11 is 3.60. The Morgan fingerprint density at radius 3 is 1.09 bits per heavy atom. The van der Waals surface area contributed by atoms with Gasteiger partial charge < -0.3 is 18.3 Å². The molecule has 6 nitrogen and oxygen atoms in total. The minimum absolute atomic E-state index is 0.410. The summed E-state index contributed by atoms with van der Waals surface area (Å²) in [7, 11) is 0. The lowest BCUT2D eigenvalue weighted by molar-refractivity contribution is 1.12. The second-order valence-corrected chi connectivity index (χ2v) is 26.8. The molecule has 19 aromatic rings. The topological polar surface area (TPSA) is 67.3 Å². The first-order valence-corrected chi connectivity index (χ1v) is 32.8. The number of nitrogens with zero attached hydrogens (tertiary/aromatic N) is 6. The average Bonchev–Trinajstić information content (AvgIpc) is 1.43. The zero-order valence-electron chi connectivity index (χ0n) is 50.6. The molecule has 0 unspecified atom stereocenters. The van der Waals surface area contributed by atoms with Crippen LogP contribution in [0.3, 0.4) is 0 Å². The Morgan fingerprint density at radius 2 is 0.641 bits per heavy atom. The van der Waals surface area contributed by atoms with E-state index in [2.05, 4.69) is 301 Å². The number of para-hydroxylation sites is 4. The van der Waals surface area contributed by atoms with Crippen LogP contribution in [0, 0.1) is 50.4 Å². The molecule has 0 aliphatic rings. The zero-order chi connectivity index (χ0) is 61.4. The van der Waals surface area contributed by atoms with Crippen LogP contribution in [0.15, 0.2) is 243 Å². The van der Waals surface area contributed by atoms with Gasteiger partial charge in [0, 0.05) is 96.5 Å². The van der Waals surface area contributed by atoms with E-state index in [1.165, 1.54) is 31.3 Å². The summed E-state index contributed by atoms with van der Waals surface area (Å²) in [5.74, 6) is 0. The van der Waals surface area contributed by atoms with E-state index in [-0.39, 0.29) is 0 Å². The van der Waals surface area contributed by atoms with E-state index in [0.29, 0.717) is 28.1 Å². The number of hydrogen-bond donors (Lipinski definition) is 0. The maximum atomic E-state index is 13.0. The second-order valence-electron chi connectivity index (χ2n) is 24.7. The Hall–Kier alpha value is -11.5. The molecule has 0 aliphatic carbocycles. The predicted molar refractivity (Wildman–Crippen MR) is 389 cm³/mol. The Balaban J connectivity index is 1.09. The Labute approximate surface area is 536 Å². The molecule has 0 bridgehead atoms. The highest BCUT2D eigenvalue weighted by atomic mass is 32.1. The van der Waals surface area contributed by atoms with Crippen LogP contribution in [0.4, 0.5) is 0 Å². The van der Waals surface area contributed by atoms with E-state index < -0.39 is 0 Å². The molecule has 8 heteroatoms. The summed E-state index contributed by atoms with van der Waals surface area (Å²) in [5.41, 5.74) is 20.2. The normalized spacial score (nSPS) is 12.1. The molecule has 19 rings (SSSR count). The monoisotopic (exact) mass is 1210 g/mol. The summed E-state index contributed by atoms with van der Waals surface area (Å²) in [5, 5.41) is 39.3. The number of thiophene rings is 2. The van der Waals surface area contributed by atoms with Gasteiger partial charge in [0.2, 0.25) is 0 Å². The van der Waals surface area contributed by atoms with Crippen molar-refractivity contribution in [2.45, 2.75) is 27.7 Å². The van der Waals surface area contributed by atoms with Gasteiger partial charge in [0.05, 0.1) is 76.0 Å². The van der Waals surface area contributed by atoms with Gasteiger partial charge in [-0.2, -0.15) is 10.5 Å². The number of nitriles is 2. The van der Waals surface area contributed by atoms with E-state index >= 15 is 0 Å². The first-order chi connectivity index (χ1) is 45.2. The number of rotatable bonds is 6. The van der Waals surface area contributed by atoms with E-state index in [1.807, 2.05) is 0 Å². The molecule has 6 heterocycles. The number of aryl methyl sites for hydroxylation is 4. The SMILES string of the molecule is Cc1cc2c3ccc4c5ccccc5sc4c3n(-c3c(C#N)c(-c4ccc5c(c4)c4ccccc4n5-c4ccccc4)c(C#N)c(-n4c5cc(C)c(C)cc5c5ccc6c7ccccc7sc6c54)c3-c3ccc4c(c3)c3ccccc3n4-c3ccccc3)c2cc1C. The van der Waals surface area contributed by atoms with Crippen LogP contribution in [0.25, 0.3) is 173 Å². The van der Waals surface area contributed by atoms with Gasteiger partial charge >= 0.3 is 0 Å². The van der Waals surface area contributed by atoms with Crippen molar-refractivity contribution >= 4 is 150 Å². The fourth-order valence-electron chi connectivity index (χ4n) is 15.5. The van der Waals surface area contributed by atoms with Gasteiger partial charge in [0.15, 0.2) is 0 Å². The molecule has 0 atom stereocenters. The molecule has 92 heavy (non-hydrogen) atoms. The largest absolute Gasteiger partial charge is 0.309 e. The highest BCUT2D eigenvalue weighted by molar-refractivity contribution is 7.27. The van der Waals surface area contributed by atoms with Crippen molar-refractivity contribution in [1.29, 1.82) is 10.5 Å². The highest BCUT2D eigenvalue weighted by Gasteiger charge is 2.34. The Bertz CT molecular complexity index is 6330. The maximum Gasteiger partial charge on any atom is 0.102 e. The molecule has 13 aromatic carbocycles. The molecule has 0 radical (unpaired) electrons. The van der Waals surface area contributed by atoms with Gasteiger partial charge in [-0.1, -0.05) is 146 Å². The van der Waals surface area contributed by atoms with Gasteiger partial charge in [0.1, 0.15) is 12.1 Å². The van der Waals surface area contributed by atoms with Crippen molar-refractivity contribution in [1.82, 2.24) is 18.3 Å². The van der Waals surface area contributed by atoms with Crippen LogP contribution in [0.5, 0.6) is 0 Å². The predicted octanol–water partition coefficient (Wildman–Crippen LogP) is 23.1. The van der Waals surface area contributed by atoms with Crippen LogP contribution >= 0.6 is 22.7 Å². The standard InChI is InChI=1S/C84H52N6S2/c1-47-39-63-59-33-35-61-57-25-13-17-29-75(57)91-83(61)81(59)89(73(63)41-49(47)3)79-67(45-85)77(51-31-37-71-65(43-51)55-23-11-15-27-69(55)87(71)53-19-7-5-8-20-53)68(46-86)80(78(79)52-32-38-72-66(44-52)56-24-12-16-28-70(56)88(72)54-21-9-6-10-22-54)90-74-42-50(4)48(2)40-64(74)60-34-36-62-58-26-14-18-30-76(58)92-84(62)82(60)90/h5-44H,1-4H3. The fourth-order valence-corrected chi connectivity index (χ4v) is 17.9. The summed E-state index contributed by atoms with van der Waals surface area (Å²) in [6.07, 6.45) is 0. The molecule has 0 aliphatic heterocycles. The van der Waals surface area contributed by atoms with Gasteiger partial charge in [-0.05, 0) is 158 Å². The van der Waals surface area contributed by atoms with Crippen LogP contribution in [0.1, 0.15) is 33.4 Å². The van der Waals surface area contributed by atoms with E-state index in [0.717, 1.165) is 147 Å². The van der Waals surface area contributed by atoms with Crippen molar-refractivity contribution in [3.05, 3.63) is 276 Å². The van der Waals surface area contributed by atoms with E-state index in [1.54, 1.807) is 22.7 Å². The fraction of sp³-hybridized carbons (Fsp3) is 0.0476. The first-order valence-electron chi connectivity index (χ1n) is 31.2. The quantitative estimate of drug-likeness (QED) is 0.166. The third kappa shape index (κ3) is 7.16. The van der Waals surface area contributed by atoms with Crippen LogP contribution in [-0.2, 0) is 0 Å². The minimum Gasteiger partial charge on any atom is -0.309 e. The molecule has 430 valence electrons. The average molecular weight is 1210 g/mol. The van der Waals surface area contributed by atoms with Crippen molar-refractivity contribution in [3.8, 4) is 57.1 Å². The summed E-state index contributed by atoms with van der Waals surface area (Å²) in [6.45, 7) is 8.80. The van der Waals surface area contributed by atoms with Crippen molar-refractivity contribution in [3.63, 3.8) is 0 Å². The Morgan fingerprint density at radius 1 is 0.283 bits per heavy atom. The number of benzene rings is 13. The van der Waals surface area contributed by atoms with Gasteiger partial charge in [0.25, 0.3) is 0 Å². The number of fused-ring (bicyclic) bond motifs is 20. The van der Waals surface area contributed by atoms with Crippen molar-refractivity contribution in [2.24, 2.45) is 0 Å². The van der Waals surface area contributed by atoms with E-state index in [9.17, 15) is 10.5 Å². The number of aromatic nitrogens is 4. The lowest BCUT2D eigenvalue weighted by Crippen LogP contribution is -2.11. The Kier molecular flexibility index (Phi) is 11.1. The molecule has 0 fully saturated rings. The van der Waals surface area contributed by atoms with E-state index in [4.69, 9.17) is 0 Å². The zero-order valence-corrected chi connectivity index (χ0v) is 52.2. The molecule has 0 amide bonds. The van der Waals surface area contributed by atoms with Crippen LogP contribution in [-0.4, -0.2) is 18.3 Å². The summed E-state index contributed by atoms with van der Waals surface area (Å²) < 4.78 is 14.2. The first kappa shape index (κ1) is 52.4. The van der Waals surface area contributed by atoms with Crippen LogP contribution < -0.4 is 0 Å². The van der Waals surface area contributed by atoms with Gasteiger partial charge in [-0.25, -0.2) is 0 Å². The minimum atomic E-state index is 0.410. The molecule has 6 aromatic heterocycles.